The van der Waals surface area contributed by atoms with E-state index in [4.69, 9.17) is 16.3 Å². The Morgan fingerprint density at radius 3 is 2.86 bits per heavy atom. The fourth-order valence-electron chi connectivity index (χ4n) is 4.73. The lowest BCUT2D eigenvalue weighted by Crippen LogP contribution is -2.44. The molecule has 1 amide bonds. The van der Waals surface area contributed by atoms with Crippen molar-refractivity contribution < 1.29 is 27.4 Å². The second kappa shape index (κ2) is 9.77. The summed E-state index contributed by atoms with van der Waals surface area (Å²) in [6, 6.07) is 7.19. The molecule has 0 bridgehead atoms. The Bertz CT molecular complexity index is 1430. The summed E-state index contributed by atoms with van der Waals surface area (Å²) in [5.74, 6) is 0.561. The van der Waals surface area contributed by atoms with E-state index in [9.17, 15) is 22.7 Å². The number of benzene rings is 1. The van der Waals surface area contributed by atoms with Crippen LogP contribution in [0.1, 0.15) is 10.4 Å². The second-order valence-corrected chi connectivity index (χ2v) is 13.1. The number of hydrogen-bond acceptors (Lipinski definition) is 7. The van der Waals surface area contributed by atoms with Crippen LogP contribution in [0.5, 0.6) is 5.75 Å². The first-order valence-electron chi connectivity index (χ1n) is 11.5. The first-order valence-corrected chi connectivity index (χ1v) is 14.4. The van der Waals surface area contributed by atoms with Crippen LogP contribution in [-0.4, -0.2) is 79.0 Å². The van der Waals surface area contributed by atoms with Gasteiger partial charge >= 0.3 is 6.09 Å². The fourth-order valence-corrected chi connectivity index (χ4v) is 7.90. The molecule has 2 aromatic heterocycles. The summed E-state index contributed by atoms with van der Waals surface area (Å²) in [6.45, 7) is 2.38. The molecule has 3 aromatic rings. The number of halogens is 2. The van der Waals surface area contributed by atoms with Crippen molar-refractivity contribution in [1.29, 1.82) is 0 Å². The molecule has 36 heavy (non-hydrogen) atoms. The highest BCUT2D eigenvalue weighted by molar-refractivity contribution is 7.92. The molecular weight excluding hydrogens is 529 g/mol. The number of rotatable bonds is 5. The number of alkyl halides is 1. The molecule has 4 heterocycles. The summed E-state index contributed by atoms with van der Waals surface area (Å²) >= 11 is 7.86. The van der Waals surface area contributed by atoms with Gasteiger partial charge in [0.2, 0.25) is 0 Å². The van der Waals surface area contributed by atoms with E-state index in [-0.39, 0.29) is 18.8 Å². The van der Waals surface area contributed by atoms with Crippen LogP contribution in [-0.2, 0) is 16.3 Å². The highest BCUT2D eigenvalue weighted by Gasteiger charge is 2.38. The molecule has 0 saturated carbocycles. The van der Waals surface area contributed by atoms with Gasteiger partial charge in [-0.15, -0.1) is 11.3 Å². The lowest BCUT2D eigenvalue weighted by molar-refractivity contribution is 0.135. The number of thiophene rings is 1. The smallest absolute Gasteiger partial charge is 0.407 e. The van der Waals surface area contributed by atoms with E-state index in [0.29, 0.717) is 41.4 Å². The zero-order valence-corrected chi connectivity index (χ0v) is 21.8. The molecule has 0 radical (unpaired) electrons. The Morgan fingerprint density at radius 1 is 1.33 bits per heavy atom. The van der Waals surface area contributed by atoms with Crippen LogP contribution < -0.4 is 10.1 Å². The van der Waals surface area contributed by atoms with E-state index in [2.05, 4.69) is 10.3 Å². The maximum absolute atomic E-state index is 14.7. The molecule has 0 aliphatic carbocycles. The van der Waals surface area contributed by atoms with Gasteiger partial charge in [-0.05, 0) is 43.2 Å². The molecule has 2 aliphatic rings. The monoisotopic (exact) mass is 553 g/mol. The molecule has 0 spiro atoms. The number of nitrogens with zero attached hydrogens (tertiary/aromatic N) is 2. The third-order valence-electron chi connectivity index (χ3n) is 6.60. The first-order chi connectivity index (χ1) is 17.1. The van der Waals surface area contributed by atoms with Crippen LogP contribution in [0.2, 0.25) is 5.02 Å². The van der Waals surface area contributed by atoms with Crippen LogP contribution in [0, 0.1) is 6.92 Å². The van der Waals surface area contributed by atoms with E-state index in [1.54, 1.807) is 25.3 Å². The summed E-state index contributed by atoms with van der Waals surface area (Å²) in [4.78, 5) is 17.7. The second-order valence-electron chi connectivity index (χ2n) is 9.14. The summed E-state index contributed by atoms with van der Waals surface area (Å²) in [5.41, 5.74) is 2.84. The number of hydrogen-bond donors (Lipinski definition) is 2. The van der Waals surface area contributed by atoms with Crippen molar-refractivity contribution in [3.63, 3.8) is 0 Å². The minimum absolute atomic E-state index is 0.0726. The van der Waals surface area contributed by atoms with Crippen molar-refractivity contribution in [2.24, 2.45) is 0 Å². The maximum atomic E-state index is 14.7. The molecule has 8 nitrogen and oxygen atoms in total. The molecule has 5 rings (SSSR count). The Morgan fingerprint density at radius 2 is 2.14 bits per heavy atom. The van der Waals surface area contributed by atoms with Crippen LogP contribution in [0.15, 0.2) is 30.5 Å². The van der Waals surface area contributed by atoms with Crippen molar-refractivity contribution in [3.8, 4) is 16.9 Å². The van der Waals surface area contributed by atoms with Gasteiger partial charge in [0.25, 0.3) is 0 Å². The lowest BCUT2D eigenvalue weighted by atomic mass is 10.0. The number of likely N-dealkylation sites (tertiary alicyclic amines) is 1. The molecule has 2 fully saturated rings. The summed E-state index contributed by atoms with van der Waals surface area (Å²) in [6.07, 6.45) is -1.54. The van der Waals surface area contributed by atoms with Gasteiger partial charge in [0.1, 0.15) is 11.9 Å². The van der Waals surface area contributed by atoms with E-state index < -0.39 is 33.5 Å². The molecule has 1 unspecified atom stereocenters. The predicted molar refractivity (Wildman–Crippen MR) is 138 cm³/mol. The van der Waals surface area contributed by atoms with Gasteiger partial charge in [0.05, 0.1) is 34.3 Å². The highest BCUT2D eigenvalue weighted by atomic mass is 35.5. The SMILES string of the molecule is Cc1cc(Cl)cc(-c2ccnc3cc(CC4CNCCS4(=O)=O)sc23)c1O[C@@H]1CN(C(=O)O)C[C@@H]1F. The number of fused-ring (bicyclic) bond motifs is 1. The number of ether oxygens (including phenoxy) is 1. The highest BCUT2D eigenvalue weighted by Crippen LogP contribution is 2.42. The number of amides is 1. The van der Waals surface area contributed by atoms with Crippen LogP contribution in [0.4, 0.5) is 9.18 Å². The van der Waals surface area contributed by atoms with Crippen molar-refractivity contribution in [2.45, 2.75) is 30.9 Å². The maximum Gasteiger partial charge on any atom is 0.407 e. The summed E-state index contributed by atoms with van der Waals surface area (Å²) in [5, 5.41) is 12.4. The summed E-state index contributed by atoms with van der Waals surface area (Å²) in [7, 11) is -3.16. The van der Waals surface area contributed by atoms with Gasteiger partial charge in [-0.1, -0.05) is 11.6 Å². The average Bonchev–Trinajstić information content (AvgIpc) is 3.39. The third kappa shape index (κ3) is 4.89. The standard InChI is InChI=1S/C24H25ClFN3O5S2/c1-13-6-14(25)7-18(22(13)34-21-12-29(24(30)31)11-19(21)26)17-2-3-28-20-9-15(35-23(17)20)8-16-10-27-4-5-36(16,32)33/h2-3,6-7,9,16,19,21,27H,4-5,8,10-12H2,1H3,(H,30,31)/t16?,19-,21+/m0/s1. The third-order valence-corrected chi connectivity index (χ3v) is 10.1. The van der Waals surface area contributed by atoms with Crippen molar-refractivity contribution >= 4 is 49.1 Å². The van der Waals surface area contributed by atoms with E-state index >= 15 is 0 Å². The van der Waals surface area contributed by atoms with Crippen molar-refractivity contribution in [1.82, 2.24) is 15.2 Å². The van der Waals surface area contributed by atoms with Crippen LogP contribution in [0.3, 0.4) is 0 Å². The molecule has 2 N–H and O–H groups in total. The van der Waals surface area contributed by atoms with Crippen molar-refractivity contribution in [2.75, 3.05) is 31.9 Å². The number of carbonyl (C=O) groups is 1. The minimum atomic E-state index is -3.16. The molecule has 3 atom stereocenters. The Hall–Kier alpha value is -2.47. The quantitative estimate of drug-likeness (QED) is 0.492. The first kappa shape index (κ1) is 25.2. The normalized spacial score (nSPS) is 23.8. The predicted octanol–water partition coefficient (Wildman–Crippen LogP) is 3.93. The van der Waals surface area contributed by atoms with Gasteiger partial charge in [-0.25, -0.2) is 17.6 Å². The topological polar surface area (TPSA) is 109 Å². The van der Waals surface area contributed by atoms with E-state index in [1.807, 2.05) is 12.1 Å². The van der Waals surface area contributed by atoms with E-state index in [0.717, 1.165) is 25.6 Å². The molecule has 1 aromatic carbocycles. The summed E-state index contributed by atoms with van der Waals surface area (Å²) < 4.78 is 46.6. The van der Waals surface area contributed by atoms with Gasteiger partial charge in [-0.3, -0.25) is 4.98 Å². The lowest BCUT2D eigenvalue weighted by Gasteiger charge is -2.22. The number of sulfone groups is 1. The average molecular weight is 554 g/mol. The zero-order chi connectivity index (χ0) is 25.6. The van der Waals surface area contributed by atoms with Gasteiger partial charge < -0.3 is 20.1 Å². The number of carboxylic acid groups (broad SMARTS) is 1. The molecule has 192 valence electrons. The molecule has 2 saturated heterocycles. The van der Waals surface area contributed by atoms with Crippen molar-refractivity contribution in [3.05, 3.63) is 45.9 Å². The van der Waals surface area contributed by atoms with E-state index in [1.165, 1.54) is 11.3 Å². The Kier molecular flexibility index (Phi) is 6.84. The molecular formula is C24H25ClFN3O5S2. The van der Waals surface area contributed by atoms with Gasteiger partial charge in [0.15, 0.2) is 16.0 Å². The van der Waals surface area contributed by atoms with Gasteiger partial charge in [-0.2, -0.15) is 0 Å². The Balaban J connectivity index is 1.52. The molecule has 12 heteroatoms. The molecule has 2 aliphatic heterocycles. The van der Waals surface area contributed by atoms with Crippen LogP contribution in [0.25, 0.3) is 21.3 Å². The number of aromatic nitrogens is 1. The number of pyridine rings is 1. The zero-order valence-electron chi connectivity index (χ0n) is 19.4. The largest absolute Gasteiger partial charge is 0.485 e. The fraction of sp³-hybridized carbons (Fsp3) is 0.417. The van der Waals surface area contributed by atoms with Crippen LogP contribution >= 0.6 is 22.9 Å². The Labute approximate surface area is 217 Å². The number of nitrogens with one attached hydrogen (secondary N) is 1. The van der Waals surface area contributed by atoms with Gasteiger partial charge in [0, 0.05) is 40.3 Å². The number of aryl methyl sites for hydroxylation is 1. The minimum Gasteiger partial charge on any atom is -0.485 e.